The van der Waals surface area contributed by atoms with Crippen LogP contribution >= 0.6 is 11.6 Å². The van der Waals surface area contributed by atoms with Gasteiger partial charge in [0.2, 0.25) is 15.9 Å². The molecule has 0 bridgehead atoms. The summed E-state index contributed by atoms with van der Waals surface area (Å²) in [6.45, 7) is 0.608. The van der Waals surface area contributed by atoms with Gasteiger partial charge >= 0.3 is 0 Å². The first kappa shape index (κ1) is 22.9. The monoisotopic (exact) mass is 478 g/mol. The van der Waals surface area contributed by atoms with Crippen molar-refractivity contribution in [1.82, 2.24) is 4.31 Å². The number of halogens is 1. The van der Waals surface area contributed by atoms with Crippen molar-refractivity contribution in [1.29, 1.82) is 0 Å². The summed E-state index contributed by atoms with van der Waals surface area (Å²) < 4.78 is 38.3. The van der Waals surface area contributed by atoms with Gasteiger partial charge in [0.15, 0.2) is 0 Å². The molecule has 7 nitrogen and oxygen atoms in total. The van der Waals surface area contributed by atoms with E-state index in [2.05, 4.69) is 5.32 Å². The zero-order valence-electron chi connectivity index (χ0n) is 18.2. The average Bonchev–Trinajstić information content (AvgIpc) is 3.28. The summed E-state index contributed by atoms with van der Waals surface area (Å²) >= 11 is 6.13. The number of carbonyl (C=O) groups excluding carboxylic acids is 1. The summed E-state index contributed by atoms with van der Waals surface area (Å²) in [7, 11) is -0.573. The highest BCUT2D eigenvalue weighted by molar-refractivity contribution is 7.89. The quantitative estimate of drug-likeness (QED) is 0.681. The van der Waals surface area contributed by atoms with E-state index in [0.29, 0.717) is 53.0 Å². The molecule has 1 N–H and O–H groups in total. The Kier molecular flexibility index (Phi) is 6.65. The molecular formula is C23H27ClN2O5S. The fourth-order valence-electron chi connectivity index (χ4n) is 4.41. The van der Waals surface area contributed by atoms with E-state index in [1.165, 1.54) is 24.1 Å². The molecule has 1 saturated heterocycles. The molecule has 0 unspecified atom stereocenters. The second-order valence-electron chi connectivity index (χ2n) is 8.14. The summed E-state index contributed by atoms with van der Waals surface area (Å²) in [6.07, 6.45) is 3.91. The largest absolute Gasteiger partial charge is 0.495 e. The number of anilines is 1. The van der Waals surface area contributed by atoms with Gasteiger partial charge < -0.3 is 14.8 Å². The van der Waals surface area contributed by atoms with Crippen LogP contribution in [0.3, 0.4) is 0 Å². The minimum Gasteiger partial charge on any atom is -0.495 e. The van der Waals surface area contributed by atoms with Gasteiger partial charge in [-0.2, -0.15) is 4.31 Å². The van der Waals surface area contributed by atoms with Crippen LogP contribution in [0.15, 0.2) is 35.2 Å². The Balaban J connectivity index is 1.42. The van der Waals surface area contributed by atoms with Crippen molar-refractivity contribution in [3.63, 3.8) is 0 Å². The normalized spacial score (nSPS) is 17.1. The molecule has 2 aromatic rings. The summed E-state index contributed by atoms with van der Waals surface area (Å²) in [6, 6.07) is 8.66. The van der Waals surface area contributed by atoms with Gasteiger partial charge in [-0.3, -0.25) is 4.79 Å². The molecule has 0 aromatic heterocycles. The third kappa shape index (κ3) is 4.44. The van der Waals surface area contributed by atoms with Crippen LogP contribution in [0.1, 0.15) is 30.4 Å². The highest BCUT2D eigenvalue weighted by Crippen LogP contribution is 2.36. The fourth-order valence-corrected chi connectivity index (χ4v) is 6.16. The van der Waals surface area contributed by atoms with Crippen molar-refractivity contribution in [3.05, 3.63) is 46.5 Å². The van der Waals surface area contributed by atoms with Gasteiger partial charge in [0.25, 0.3) is 0 Å². The summed E-state index contributed by atoms with van der Waals surface area (Å²) in [5.74, 6) is 0.383. The van der Waals surface area contributed by atoms with Crippen LogP contribution in [0, 0.1) is 5.92 Å². The summed E-state index contributed by atoms with van der Waals surface area (Å²) in [5.41, 5.74) is 2.84. The molecule has 0 atom stereocenters. The number of carbonyl (C=O) groups is 1. The predicted octanol–water partition coefficient (Wildman–Crippen LogP) is 3.89. The molecule has 4 rings (SSSR count). The Morgan fingerprint density at radius 3 is 2.41 bits per heavy atom. The third-order valence-corrected chi connectivity index (χ3v) is 8.45. The Morgan fingerprint density at radius 2 is 1.72 bits per heavy atom. The first-order valence-electron chi connectivity index (χ1n) is 10.7. The van der Waals surface area contributed by atoms with Crippen LogP contribution in [0.4, 0.5) is 5.69 Å². The van der Waals surface area contributed by atoms with Crippen molar-refractivity contribution in [2.45, 2.75) is 37.0 Å². The highest BCUT2D eigenvalue weighted by Gasteiger charge is 2.33. The Bertz CT molecular complexity index is 1130. The summed E-state index contributed by atoms with van der Waals surface area (Å²) in [5, 5.41) is 3.26. The van der Waals surface area contributed by atoms with Crippen LogP contribution in [-0.2, 0) is 27.7 Å². The standard InChI is InChI=1S/C23H27ClN2O5S/c1-30-21-14-20(22(31-2)13-19(21)24)25-23(27)16-8-10-26(11-9-16)32(28,29)18-7-6-15-4-3-5-17(15)12-18/h6-7,12-14,16H,3-5,8-11H2,1-2H3,(H,25,27). The lowest BCUT2D eigenvalue weighted by molar-refractivity contribution is -0.120. The van der Waals surface area contributed by atoms with E-state index in [4.69, 9.17) is 21.1 Å². The molecule has 9 heteroatoms. The lowest BCUT2D eigenvalue weighted by atomic mass is 9.97. The Hall–Kier alpha value is -2.29. The number of amides is 1. The molecule has 1 aliphatic carbocycles. The minimum absolute atomic E-state index is 0.178. The Morgan fingerprint density at radius 1 is 1.03 bits per heavy atom. The van der Waals surface area contributed by atoms with Gasteiger partial charge in [-0.05, 0) is 55.4 Å². The lowest BCUT2D eigenvalue weighted by Gasteiger charge is -2.30. The number of benzene rings is 2. The number of aryl methyl sites for hydroxylation is 2. The van der Waals surface area contributed by atoms with Crippen LogP contribution in [0.2, 0.25) is 5.02 Å². The smallest absolute Gasteiger partial charge is 0.243 e. The molecule has 2 aromatic carbocycles. The van der Waals surface area contributed by atoms with Crippen LogP contribution in [0.25, 0.3) is 0 Å². The van der Waals surface area contributed by atoms with Crippen LogP contribution in [0.5, 0.6) is 11.5 Å². The number of hydrogen-bond acceptors (Lipinski definition) is 5. The SMILES string of the molecule is COc1cc(NC(=O)C2CCN(S(=O)(=O)c3ccc4c(c3)CCC4)CC2)c(OC)cc1Cl. The first-order valence-corrected chi connectivity index (χ1v) is 12.5. The number of sulfonamides is 1. The van der Waals surface area contributed by atoms with Crippen molar-refractivity contribution < 1.29 is 22.7 Å². The maximum atomic E-state index is 13.1. The summed E-state index contributed by atoms with van der Waals surface area (Å²) in [4.78, 5) is 13.2. The fraction of sp³-hybridized carbons (Fsp3) is 0.435. The molecule has 172 valence electrons. The maximum absolute atomic E-state index is 13.1. The molecule has 0 spiro atoms. The number of nitrogens with zero attached hydrogens (tertiary/aromatic N) is 1. The predicted molar refractivity (Wildman–Crippen MR) is 123 cm³/mol. The number of nitrogens with one attached hydrogen (secondary N) is 1. The number of ether oxygens (including phenoxy) is 2. The molecule has 0 saturated carbocycles. The van der Waals surface area contributed by atoms with Crippen LogP contribution in [-0.4, -0.2) is 45.9 Å². The van der Waals surface area contributed by atoms with E-state index in [0.717, 1.165) is 24.8 Å². The molecule has 32 heavy (non-hydrogen) atoms. The number of methoxy groups -OCH3 is 2. The average molecular weight is 479 g/mol. The van der Waals surface area contributed by atoms with E-state index in [1.54, 1.807) is 18.2 Å². The Labute approximate surface area is 193 Å². The number of piperidine rings is 1. The molecule has 0 radical (unpaired) electrons. The molecule has 1 fully saturated rings. The van der Waals surface area contributed by atoms with E-state index in [-0.39, 0.29) is 11.8 Å². The van der Waals surface area contributed by atoms with E-state index in [1.807, 2.05) is 12.1 Å². The maximum Gasteiger partial charge on any atom is 0.243 e. The van der Waals surface area contributed by atoms with Gasteiger partial charge in [-0.15, -0.1) is 0 Å². The lowest BCUT2D eigenvalue weighted by Crippen LogP contribution is -2.41. The highest BCUT2D eigenvalue weighted by atomic mass is 35.5. The second kappa shape index (κ2) is 9.29. The van der Waals surface area contributed by atoms with E-state index in [9.17, 15) is 13.2 Å². The molecule has 1 aliphatic heterocycles. The van der Waals surface area contributed by atoms with Gasteiger partial charge in [0.05, 0.1) is 29.8 Å². The molecule has 1 heterocycles. The van der Waals surface area contributed by atoms with Gasteiger partial charge in [-0.25, -0.2) is 8.42 Å². The second-order valence-corrected chi connectivity index (χ2v) is 10.5. The molecule has 1 amide bonds. The van der Waals surface area contributed by atoms with Gasteiger partial charge in [0, 0.05) is 31.1 Å². The van der Waals surface area contributed by atoms with E-state index < -0.39 is 10.0 Å². The number of rotatable bonds is 6. The number of hydrogen-bond donors (Lipinski definition) is 1. The van der Waals surface area contributed by atoms with Gasteiger partial charge in [-0.1, -0.05) is 17.7 Å². The van der Waals surface area contributed by atoms with Crippen molar-refractivity contribution in [2.75, 3.05) is 32.6 Å². The minimum atomic E-state index is -3.57. The van der Waals surface area contributed by atoms with Crippen molar-refractivity contribution in [2.24, 2.45) is 5.92 Å². The molecular weight excluding hydrogens is 452 g/mol. The van der Waals surface area contributed by atoms with Crippen molar-refractivity contribution in [3.8, 4) is 11.5 Å². The number of fused-ring (bicyclic) bond motifs is 1. The van der Waals surface area contributed by atoms with Gasteiger partial charge in [0.1, 0.15) is 11.5 Å². The topological polar surface area (TPSA) is 84.9 Å². The zero-order chi connectivity index (χ0) is 22.9. The first-order chi connectivity index (χ1) is 15.3. The third-order valence-electron chi connectivity index (χ3n) is 6.26. The van der Waals surface area contributed by atoms with Crippen molar-refractivity contribution >= 4 is 33.2 Å². The molecule has 2 aliphatic rings. The van der Waals surface area contributed by atoms with E-state index >= 15 is 0 Å². The van der Waals surface area contributed by atoms with Crippen LogP contribution < -0.4 is 14.8 Å². The zero-order valence-corrected chi connectivity index (χ0v) is 19.8.